The second-order valence-corrected chi connectivity index (χ2v) is 4.12. The Bertz CT molecular complexity index is 444. The number of rotatable bonds is 5. The van der Waals surface area contributed by atoms with E-state index in [9.17, 15) is 9.59 Å². The van der Waals surface area contributed by atoms with Crippen LogP contribution in [0.1, 0.15) is 24.2 Å². The van der Waals surface area contributed by atoms with E-state index < -0.39 is 17.9 Å². The van der Waals surface area contributed by atoms with Gasteiger partial charge in [0.2, 0.25) is 0 Å². The van der Waals surface area contributed by atoms with Crippen molar-refractivity contribution < 1.29 is 19.4 Å². The van der Waals surface area contributed by atoms with Crippen molar-refractivity contribution in [3.63, 3.8) is 0 Å². The summed E-state index contributed by atoms with van der Waals surface area (Å²) in [6.07, 6.45) is 0. The summed E-state index contributed by atoms with van der Waals surface area (Å²) < 4.78 is 5.02. The molecule has 18 heavy (non-hydrogen) atoms. The van der Waals surface area contributed by atoms with Gasteiger partial charge < -0.3 is 15.2 Å². The number of carbonyl (C=O) groups is 2. The number of hydrogen-bond acceptors (Lipinski definition) is 3. The fourth-order valence-electron chi connectivity index (χ4n) is 1.39. The average Bonchev–Trinajstić information content (AvgIpc) is 2.37. The molecule has 0 aliphatic rings. The summed E-state index contributed by atoms with van der Waals surface area (Å²) in [6.45, 7) is 3.22. The normalized spacial score (nSPS) is 13.5. The van der Waals surface area contributed by atoms with Gasteiger partial charge in [0.15, 0.2) is 0 Å². The molecule has 1 amide bonds. The molecule has 0 saturated heterocycles. The van der Waals surface area contributed by atoms with Crippen LogP contribution in [0.4, 0.5) is 0 Å². The van der Waals surface area contributed by atoms with Gasteiger partial charge in [-0.2, -0.15) is 0 Å². The van der Waals surface area contributed by atoms with E-state index in [-0.39, 0.29) is 5.91 Å². The minimum absolute atomic E-state index is 0.311. The molecule has 2 N–H and O–H groups in total. The number of hydrogen-bond donors (Lipinski definition) is 2. The Labute approximate surface area is 106 Å². The Morgan fingerprint density at radius 1 is 1.33 bits per heavy atom. The first kappa shape index (κ1) is 14.0. The predicted molar refractivity (Wildman–Crippen MR) is 66.7 cm³/mol. The van der Waals surface area contributed by atoms with Crippen molar-refractivity contribution in [3.05, 3.63) is 29.8 Å². The minimum Gasteiger partial charge on any atom is -0.497 e. The predicted octanol–water partition coefficient (Wildman–Crippen LogP) is 1.53. The number of carboxylic acid groups (broad SMARTS) is 1. The van der Waals surface area contributed by atoms with Crippen LogP contribution in [-0.4, -0.2) is 30.1 Å². The monoisotopic (exact) mass is 251 g/mol. The number of nitrogens with one attached hydrogen (secondary N) is 1. The van der Waals surface area contributed by atoms with Gasteiger partial charge in [0.1, 0.15) is 5.75 Å². The van der Waals surface area contributed by atoms with E-state index >= 15 is 0 Å². The van der Waals surface area contributed by atoms with Crippen molar-refractivity contribution in [2.24, 2.45) is 5.92 Å². The number of aliphatic carboxylic acids is 1. The second kappa shape index (κ2) is 6.05. The van der Waals surface area contributed by atoms with Crippen molar-refractivity contribution in [3.8, 4) is 5.75 Å². The summed E-state index contributed by atoms with van der Waals surface area (Å²) in [4.78, 5) is 22.7. The molecule has 0 aliphatic carbocycles. The third-order valence-corrected chi connectivity index (χ3v) is 2.83. The van der Waals surface area contributed by atoms with Crippen molar-refractivity contribution in [2.45, 2.75) is 19.9 Å². The fourth-order valence-corrected chi connectivity index (χ4v) is 1.39. The number of carbonyl (C=O) groups excluding carboxylic acids is 1. The number of methoxy groups -OCH3 is 1. The van der Waals surface area contributed by atoms with E-state index in [4.69, 9.17) is 9.84 Å². The third kappa shape index (κ3) is 3.48. The molecule has 1 rings (SSSR count). The highest BCUT2D eigenvalue weighted by Gasteiger charge is 2.21. The molecule has 2 atom stereocenters. The van der Waals surface area contributed by atoms with Gasteiger partial charge in [-0.1, -0.05) is 6.07 Å². The van der Waals surface area contributed by atoms with E-state index in [2.05, 4.69) is 5.32 Å². The van der Waals surface area contributed by atoms with Crippen LogP contribution < -0.4 is 10.1 Å². The molecule has 5 nitrogen and oxygen atoms in total. The van der Waals surface area contributed by atoms with Gasteiger partial charge in [-0.15, -0.1) is 0 Å². The largest absolute Gasteiger partial charge is 0.497 e. The smallest absolute Gasteiger partial charge is 0.308 e. The summed E-state index contributed by atoms with van der Waals surface area (Å²) >= 11 is 0. The lowest BCUT2D eigenvalue weighted by Crippen LogP contribution is -2.40. The average molecular weight is 251 g/mol. The summed E-state index contributed by atoms with van der Waals surface area (Å²) in [5.74, 6) is -1.30. The molecular weight excluding hydrogens is 234 g/mol. The van der Waals surface area contributed by atoms with Crippen LogP contribution in [0.3, 0.4) is 0 Å². The molecule has 98 valence electrons. The molecule has 1 aromatic carbocycles. The Hall–Kier alpha value is -2.04. The Morgan fingerprint density at radius 3 is 2.56 bits per heavy atom. The minimum atomic E-state index is -0.937. The van der Waals surface area contributed by atoms with Gasteiger partial charge in [0.05, 0.1) is 13.0 Å². The molecule has 0 aromatic heterocycles. The number of carboxylic acids is 1. The van der Waals surface area contributed by atoms with Gasteiger partial charge >= 0.3 is 5.97 Å². The highest BCUT2D eigenvalue weighted by atomic mass is 16.5. The molecule has 0 fully saturated rings. The molecule has 1 aromatic rings. The second-order valence-electron chi connectivity index (χ2n) is 4.12. The summed E-state index contributed by atoms with van der Waals surface area (Å²) in [7, 11) is 1.52. The molecule has 0 spiro atoms. The highest BCUT2D eigenvalue weighted by molar-refractivity contribution is 5.95. The van der Waals surface area contributed by atoms with Crippen molar-refractivity contribution in [1.29, 1.82) is 0 Å². The quantitative estimate of drug-likeness (QED) is 0.832. The van der Waals surface area contributed by atoms with Gasteiger partial charge in [-0.05, 0) is 32.0 Å². The van der Waals surface area contributed by atoms with Crippen LogP contribution in [0.15, 0.2) is 24.3 Å². The maximum Gasteiger partial charge on any atom is 0.308 e. The zero-order valence-electron chi connectivity index (χ0n) is 10.6. The van der Waals surface area contributed by atoms with E-state index in [1.54, 1.807) is 38.1 Å². The van der Waals surface area contributed by atoms with Crippen molar-refractivity contribution >= 4 is 11.9 Å². The van der Waals surface area contributed by atoms with E-state index in [0.29, 0.717) is 11.3 Å². The fraction of sp³-hybridized carbons (Fsp3) is 0.385. The first-order chi connectivity index (χ1) is 8.45. The van der Waals surface area contributed by atoms with Crippen LogP contribution >= 0.6 is 0 Å². The van der Waals surface area contributed by atoms with Crippen LogP contribution in [0, 0.1) is 5.92 Å². The third-order valence-electron chi connectivity index (χ3n) is 2.83. The first-order valence-electron chi connectivity index (χ1n) is 5.63. The van der Waals surface area contributed by atoms with Gasteiger partial charge in [-0.25, -0.2) is 0 Å². The lowest BCUT2D eigenvalue weighted by atomic mass is 10.0. The Morgan fingerprint density at radius 2 is 2.00 bits per heavy atom. The maximum absolute atomic E-state index is 11.9. The Balaban J connectivity index is 2.73. The standard InChI is InChI=1S/C13H17NO4/c1-8(13(16)17)9(2)14-12(15)10-5-4-6-11(7-10)18-3/h4-9H,1-3H3,(H,14,15)(H,16,17). The van der Waals surface area contributed by atoms with Crippen molar-refractivity contribution in [1.82, 2.24) is 5.32 Å². The number of amides is 1. The topological polar surface area (TPSA) is 75.6 Å². The SMILES string of the molecule is COc1cccc(C(=O)NC(C)C(C)C(=O)O)c1. The zero-order chi connectivity index (χ0) is 13.7. The molecule has 0 saturated carbocycles. The lowest BCUT2D eigenvalue weighted by Gasteiger charge is -2.17. The van der Waals surface area contributed by atoms with Crippen LogP contribution in [0.2, 0.25) is 0 Å². The van der Waals surface area contributed by atoms with Crippen LogP contribution in [0.25, 0.3) is 0 Å². The molecule has 0 bridgehead atoms. The maximum atomic E-state index is 11.9. The van der Waals surface area contributed by atoms with E-state index in [1.165, 1.54) is 7.11 Å². The van der Waals surface area contributed by atoms with Gasteiger partial charge in [0.25, 0.3) is 5.91 Å². The van der Waals surface area contributed by atoms with Gasteiger partial charge in [0, 0.05) is 11.6 Å². The molecular formula is C13H17NO4. The highest BCUT2D eigenvalue weighted by Crippen LogP contribution is 2.13. The molecule has 0 aliphatic heterocycles. The van der Waals surface area contributed by atoms with Crippen molar-refractivity contribution in [2.75, 3.05) is 7.11 Å². The van der Waals surface area contributed by atoms with E-state index in [0.717, 1.165) is 0 Å². The summed E-state index contributed by atoms with van der Waals surface area (Å²) in [6, 6.07) is 6.25. The lowest BCUT2D eigenvalue weighted by molar-refractivity contribution is -0.141. The van der Waals surface area contributed by atoms with Crippen LogP contribution in [0.5, 0.6) is 5.75 Å². The number of benzene rings is 1. The number of ether oxygens (including phenoxy) is 1. The molecule has 5 heteroatoms. The molecule has 2 unspecified atom stereocenters. The zero-order valence-corrected chi connectivity index (χ0v) is 10.6. The van der Waals surface area contributed by atoms with E-state index in [1.807, 2.05) is 0 Å². The van der Waals surface area contributed by atoms with Crippen LogP contribution in [-0.2, 0) is 4.79 Å². The summed E-state index contributed by atoms with van der Waals surface area (Å²) in [5.41, 5.74) is 0.443. The summed E-state index contributed by atoms with van der Waals surface area (Å²) in [5, 5.41) is 11.5. The molecule has 0 heterocycles. The molecule has 0 radical (unpaired) electrons. The Kier molecular flexibility index (Phi) is 4.71. The van der Waals surface area contributed by atoms with Gasteiger partial charge in [-0.3, -0.25) is 9.59 Å². The first-order valence-corrected chi connectivity index (χ1v) is 5.63.